The highest BCUT2D eigenvalue weighted by atomic mass is 19.4. The number of halogens is 3. The molecule has 10 nitrogen and oxygen atoms in total. The van der Waals surface area contributed by atoms with Crippen molar-refractivity contribution in [2.45, 2.75) is 56.5 Å². The molecule has 3 saturated heterocycles. The molecule has 3 aliphatic rings. The lowest BCUT2D eigenvalue weighted by Crippen LogP contribution is -2.45. The molecule has 192 valence electrons. The molecule has 2 aromatic heterocycles. The van der Waals surface area contributed by atoms with E-state index in [1.54, 1.807) is 0 Å². The number of rotatable bonds is 7. The van der Waals surface area contributed by atoms with Gasteiger partial charge in [-0.25, -0.2) is 9.97 Å². The minimum atomic E-state index is -4.44. The third-order valence-electron chi connectivity index (χ3n) is 6.80. The minimum Gasteiger partial charge on any atom is -0.477 e. The zero-order chi connectivity index (χ0) is 25.4. The Morgan fingerprint density at radius 1 is 1.14 bits per heavy atom. The fraction of sp³-hybridized carbons (Fsp3) is 0.522. The second-order valence-electron chi connectivity index (χ2n) is 9.27. The van der Waals surface area contributed by atoms with Gasteiger partial charge in [0, 0.05) is 43.4 Å². The van der Waals surface area contributed by atoms with Crippen molar-refractivity contribution in [3.8, 4) is 11.8 Å². The lowest BCUT2D eigenvalue weighted by atomic mass is 9.91. The van der Waals surface area contributed by atoms with Crippen LogP contribution in [-0.2, 0) is 11.0 Å². The van der Waals surface area contributed by atoms with Gasteiger partial charge in [0.2, 0.25) is 17.7 Å². The number of nitrogens with one attached hydrogen (secondary N) is 1. The van der Waals surface area contributed by atoms with E-state index in [2.05, 4.69) is 25.2 Å². The summed E-state index contributed by atoms with van der Waals surface area (Å²) in [5.41, 5.74) is 4.67. The van der Waals surface area contributed by atoms with E-state index >= 15 is 0 Å². The number of piperidine rings is 1. The summed E-state index contributed by atoms with van der Waals surface area (Å²) in [4.78, 5) is 38.5. The molecule has 3 fully saturated rings. The van der Waals surface area contributed by atoms with Crippen molar-refractivity contribution < 1.29 is 32.2 Å². The van der Waals surface area contributed by atoms with E-state index in [0.29, 0.717) is 25.5 Å². The molecular formula is C23H25F3N6O4. The fourth-order valence-corrected chi connectivity index (χ4v) is 5.13. The van der Waals surface area contributed by atoms with Crippen LogP contribution < -0.4 is 25.4 Å². The Labute approximate surface area is 204 Å². The van der Waals surface area contributed by atoms with Crippen LogP contribution >= 0.6 is 0 Å². The van der Waals surface area contributed by atoms with Crippen LogP contribution in [0, 0.1) is 5.92 Å². The first kappa shape index (κ1) is 24.1. The Balaban J connectivity index is 1.26. The molecule has 4 atom stereocenters. The van der Waals surface area contributed by atoms with Crippen molar-refractivity contribution in [2.24, 2.45) is 11.7 Å². The number of aromatic nitrogens is 3. The van der Waals surface area contributed by atoms with Gasteiger partial charge in [0.05, 0.1) is 12.2 Å². The average molecular weight is 506 g/mol. The van der Waals surface area contributed by atoms with Crippen LogP contribution in [-0.4, -0.2) is 58.1 Å². The molecule has 13 heteroatoms. The van der Waals surface area contributed by atoms with Gasteiger partial charge in [0.15, 0.2) is 6.10 Å². The SMILES string of the molecule is NC(=O)c1cc(O[C@H]2CCNC2=O)nc(N2[C@@H]3CC[C@H]2C[C@@H](COc2ccc(C(F)(F)F)cn2)C3)n1. The first-order valence-corrected chi connectivity index (χ1v) is 11.7. The van der Waals surface area contributed by atoms with Crippen molar-refractivity contribution >= 4 is 17.8 Å². The van der Waals surface area contributed by atoms with E-state index < -0.39 is 23.8 Å². The molecule has 2 amide bonds. The van der Waals surface area contributed by atoms with Crippen LogP contribution in [0.25, 0.3) is 0 Å². The minimum absolute atomic E-state index is 0.00615. The Bertz CT molecular complexity index is 1130. The predicted octanol–water partition coefficient (Wildman–Crippen LogP) is 2.08. The summed E-state index contributed by atoms with van der Waals surface area (Å²) in [7, 11) is 0. The number of nitrogens with zero attached hydrogens (tertiary/aromatic N) is 4. The smallest absolute Gasteiger partial charge is 0.417 e. The fourth-order valence-electron chi connectivity index (χ4n) is 5.13. The van der Waals surface area contributed by atoms with Crippen LogP contribution in [0.4, 0.5) is 19.1 Å². The van der Waals surface area contributed by atoms with Crippen LogP contribution in [0.15, 0.2) is 24.4 Å². The molecule has 5 heterocycles. The summed E-state index contributed by atoms with van der Waals surface area (Å²) in [6.45, 7) is 0.832. The number of carbonyl (C=O) groups is 2. The first-order valence-electron chi connectivity index (χ1n) is 11.7. The van der Waals surface area contributed by atoms with Gasteiger partial charge in [-0.3, -0.25) is 9.59 Å². The van der Waals surface area contributed by atoms with Gasteiger partial charge in [0.25, 0.3) is 11.8 Å². The Morgan fingerprint density at radius 2 is 1.89 bits per heavy atom. The average Bonchev–Trinajstić information content (AvgIpc) is 3.36. The number of primary amides is 1. The van der Waals surface area contributed by atoms with Crippen molar-refractivity contribution in [3.05, 3.63) is 35.7 Å². The largest absolute Gasteiger partial charge is 0.477 e. The van der Waals surface area contributed by atoms with Gasteiger partial charge in [-0.15, -0.1) is 0 Å². The number of nitrogens with two attached hydrogens (primary N) is 1. The van der Waals surface area contributed by atoms with Crippen molar-refractivity contribution in [1.29, 1.82) is 0 Å². The lowest BCUT2D eigenvalue weighted by molar-refractivity contribution is -0.137. The maximum Gasteiger partial charge on any atom is 0.417 e. The second-order valence-corrected chi connectivity index (χ2v) is 9.27. The molecule has 0 aliphatic carbocycles. The van der Waals surface area contributed by atoms with Crippen LogP contribution in [0.2, 0.25) is 0 Å². The van der Waals surface area contributed by atoms with E-state index in [0.717, 1.165) is 37.9 Å². The highest BCUT2D eigenvalue weighted by Gasteiger charge is 2.43. The number of amides is 2. The third kappa shape index (κ3) is 5.00. The summed E-state index contributed by atoms with van der Waals surface area (Å²) in [5, 5.41) is 2.69. The number of alkyl halides is 3. The lowest BCUT2D eigenvalue weighted by Gasteiger charge is -2.39. The van der Waals surface area contributed by atoms with Gasteiger partial charge in [0.1, 0.15) is 5.69 Å². The summed E-state index contributed by atoms with van der Waals surface area (Å²) in [6.07, 6.45) is -0.582. The topological polar surface area (TPSA) is 133 Å². The standard InChI is InChI=1S/C23H25F3N6O4/c24-23(25,26)13-1-4-18(29-10-13)35-11-12-7-14-2-3-15(8-12)32(14)22-30-16(20(27)33)9-19(31-22)36-17-5-6-28-21(17)34/h1,4,9-10,12,14-15,17H,2-3,5-8,11H2,(H2,27,33)(H,28,34)/t12-,14+,15-,17-/m0/s1. The third-order valence-corrected chi connectivity index (χ3v) is 6.80. The van der Waals surface area contributed by atoms with Crippen molar-refractivity contribution in [2.75, 3.05) is 18.1 Å². The molecule has 2 aromatic rings. The number of pyridine rings is 1. The predicted molar refractivity (Wildman–Crippen MR) is 119 cm³/mol. The van der Waals surface area contributed by atoms with E-state index in [1.807, 2.05) is 0 Å². The van der Waals surface area contributed by atoms with Gasteiger partial charge >= 0.3 is 6.18 Å². The molecule has 36 heavy (non-hydrogen) atoms. The molecule has 0 aromatic carbocycles. The van der Waals surface area contributed by atoms with Gasteiger partial charge in [-0.2, -0.15) is 18.2 Å². The molecule has 0 unspecified atom stereocenters. The highest BCUT2D eigenvalue weighted by molar-refractivity contribution is 5.91. The Hall–Kier alpha value is -3.64. The number of fused-ring (bicyclic) bond motifs is 2. The molecular weight excluding hydrogens is 481 g/mol. The number of carbonyl (C=O) groups excluding carboxylic acids is 2. The molecule has 0 spiro atoms. The van der Waals surface area contributed by atoms with E-state index in [1.165, 1.54) is 12.1 Å². The van der Waals surface area contributed by atoms with Gasteiger partial charge in [-0.05, 0) is 37.7 Å². The summed E-state index contributed by atoms with van der Waals surface area (Å²) in [5.74, 6) is -0.198. The monoisotopic (exact) mass is 506 g/mol. The molecule has 0 radical (unpaired) electrons. The molecule has 3 N–H and O–H groups in total. The normalized spacial score (nSPS) is 25.5. The van der Waals surface area contributed by atoms with Crippen LogP contribution in [0.3, 0.4) is 0 Å². The second kappa shape index (κ2) is 9.43. The van der Waals surface area contributed by atoms with E-state index in [-0.39, 0.29) is 41.4 Å². The quantitative estimate of drug-likeness (QED) is 0.584. The number of hydrogen-bond donors (Lipinski definition) is 2. The first-order chi connectivity index (χ1) is 17.2. The van der Waals surface area contributed by atoms with Crippen molar-refractivity contribution in [3.63, 3.8) is 0 Å². The van der Waals surface area contributed by atoms with Gasteiger partial charge < -0.3 is 25.4 Å². The summed E-state index contributed by atoms with van der Waals surface area (Å²) in [6, 6.07) is 3.69. The Morgan fingerprint density at radius 3 is 2.47 bits per heavy atom. The molecule has 0 saturated carbocycles. The van der Waals surface area contributed by atoms with Crippen LogP contribution in [0.1, 0.15) is 48.2 Å². The maximum atomic E-state index is 12.7. The van der Waals surface area contributed by atoms with E-state index in [4.69, 9.17) is 15.2 Å². The molecule has 3 aliphatic heterocycles. The molecule has 2 bridgehead atoms. The number of hydrogen-bond acceptors (Lipinski definition) is 8. The van der Waals surface area contributed by atoms with E-state index in [9.17, 15) is 22.8 Å². The number of anilines is 1. The zero-order valence-corrected chi connectivity index (χ0v) is 19.2. The van der Waals surface area contributed by atoms with Crippen molar-refractivity contribution in [1.82, 2.24) is 20.3 Å². The maximum absolute atomic E-state index is 12.7. The molecule has 5 rings (SSSR count). The summed E-state index contributed by atoms with van der Waals surface area (Å²) < 4.78 is 49.6. The van der Waals surface area contributed by atoms with Gasteiger partial charge in [-0.1, -0.05) is 0 Å². The van der Waals surface area contributed by atoms with Crippen LogP contribution in [0.5, 0.6) is 11.8 Å². The summed E-state index contributed by atoms with van der Waals surface area (Å²) >= 11 is 0. The Kier molecular flexibility index (Phi) is 6.31. The highest BCUT2D eigenvalue weighted by Crippen LogP contribution is 2.41. The zero-order valence-electron chi connectivity index (χ0n) is 19.2. The number of ether oxygens (including phenoxy) is 2.